The monoisotopic (exact) mass is 321 g/mol. The Balaban J connectivity index is 1.76. The van der Waals surface area contributed by atoms with E-state index in [0.717, 1.165) is 0 Å². The lowest BCUT2D eigenvalue weighted by atomic mass is 9.74. The van der Waals surface area contributed by atoms with Crippen LogP contribution in [0.5, 0.6) is 0 Å². The van der Waals surface area contributed by atoms with E-state index in [1.165, 1.54) is 27.8 Å². The van der Waals surface area contributed by atoms with Crippen molar-refractivity contribution in [2.45, 2.75) is 24.8 Å². The Morgan fingerprint density at radius 3 is 2.89 bits per heavy atom. The highest BCUT2D eigenvalue weighted by Crippen LogP contribution is 2.42. The van der Waals surface area contributed by atoms with Crippen molar-refractivity contribution < 1.29 is 0 Å². The van der Waals surface area contributed by atoms with Crippen molar-refractivity contribution in [1.29, 1.82) is 0 Å². The first-order valence-corrected chi connectivity index (χ1v) is 7.95. The van der Waals surface area contributed by atoms with E-state index < -0.39 is 0 Å². The summed E-state index contributed by atoms with van der Waals surface area (Å²) < 4.78 is 1.24. The van der Waals surface area contributed by atoms with Crippen LogP contribution in [-0.2, 0) is 6.42 Å². The van der Waals surface area contributed by atoms with Gasteiger partial charge in [0.1, 0.15) is 0 Å². The summed E-state index contributed by atoms with van der Waals surface area (Å²) in [7, 11) is 2.06. The van der Waals surface area contributed by atoms with Crippen LogP contribution in [0.2, 0.25) is 0 Å². The highest BCUT2D eigenvalue weighted by molar-refractivity contribution is 9.10. The molecule has 1 N–H and O–H groups in total. The molecule has 2 aromatic rings. The Bertz CT molecular complexity index is 549. The first-order valence-electron chi connectivity index (χ1n) is 6.27. The molecule has 0 radical (unpaired) electrons. The molecule has 1 aromatic heterocycles. The molecule has 1 heterocycles. The second-order valence-corrected chi connectivity index (χ2v) is 6.61. The fraction of sp³-hybridized carbons (Fsp3) is 0.333. The van der Waals surface area contributed by atoms with Gasteiger partial charge in [-0.2, -0.15) is 0 Å². The molecule has 3 rings (SSSR count). The van der Waals surface area contributed by atoms with Crippen LogP contribution in [-0.4, -0.2) is 7.05 Å². The number of benzene rings is 1. The Kier molecular flexibility index (Phi) is 3.55. The van der Waals surface area contributed by atoms with Gasteiger partial charge >= 0.3 is 0 Å². The zero-order chi connectivity index (χ0) is 12.5. The van der Waals surface area contributed by atoms with E-state index in [0.29, 0.717) is 12.0 Å². The number of hydrogen-bond donors (Lipinski definition) is 1. The van der Waals surface area contributed by atoms with Crippen molar-refractivity contribution in [3.05, 3.63) is 56.2 Å². The SMILES string of the molecule is CNC(CC1Cc2ccccc21)c1sccc1Br. The fourth-order valence-corrected chi connectivity index (χ4v) is 4.54. The van der Waals surface area contributed by atoms with Gasteiger partial charge in [-0.1, -0.05) is 24.3 Å². The van der Waals surface area contributed by atoms with Gasteiger partial charge in [-0.3, -0.25) is 0 Å². The topological polar surface area (TPSA) is 12.0 Å². The quantitative estimate of drug-likeness (QED) is 0.874. The van der Waals surface area contributed by atoms with Gasteiger partial charge in [-0.25, -0.2) is 0 Å². The molecule has 0 aliphatic heterocycles. The summed E-state index contributed by atoms with van der Waals surface area (Å²) in [6.45, 7) is 0. The standard InChI is InChI=1S/C15H16BrNS/c1-17-14(15-13(16)6-7-18-15)9-11-8-10-4-2-3-5-12(10)11/h2-7,11,14,17H,8-9H2,1H3. The van der Waals surface area contributed by atoms with Crippen LogP contribution >= 0.6 is 27.3 Å². The van der Waals surface area contributed by atoms with Gasteiger partial charge in [0.2, 0.25) is 0 Å². The van der Waals surface area contributed by atoms with Gasteiger partial charge in [-0.15, -0.1) is 11.3 Å². The average molecular weight is 322 g/mol. The summed E-state index contributed by atoms with van der Waals surface area (Å²) in [5.74, 6) is 0.715. The molecule has 2 unspecified atom stereocenters. The molecule has 0 amide bonds. The second kappa shape index (κ2) is 5.16. The largest absolute Gasteiger partial charge is 0.312 e. The summed E-state index contributed by atoms with van der Waals surface area (Å²) in [5.41, 5.74) is 3.08. The van der Waals surface area contributed by atoms with Gasteiger partial charge < -0.3 is 5.32 Å². The maximum atomic E-state index is 3.64. The summed E-state index contributed by atoms with van der Waals surface area (Å²) in [6.07, 6.45) is 2.42. The zero-order valence-corrected chi connectivity index (χ0v) is 12.7. The molecule has 94 valence electrons. The van der Waals surface area contributed by atoms with Gasteiger partial charge in [0.15, 0.2) is 0 Å². The number of nitrogens with one attached hydrogen (secondary N) is 1. The summed E-state index contributed by atoms with van der Waals surface area (Å²) in [4.78, 5) is 1.42. The van der Waals surface area contributed by atoms with E-state index in [-0.39, 0.29) is 0 Å². The Hall–Kier alpha value is -0.640. The zero-order valence-electron chi connectivity index (χ0n) is 10.3. The van der Waals surface area contributed by atoms with Crippen molar-refractivity contribution in [1.82, 2.24) is 5.32 Å². The summed E-state index contributed by atoms with van der Waals surface area (Å²) in [5, 5.41) is 5.61. The van der Waals surface area contributed by atoms with E-state index in [4.69, 9.17) is 0 Å². The van der Waals surface area contributed by atoms with E-state index in [9.17, 15) is 0 Å². The van der Waals surface area contributed by atoms with Crippen LogP contribution in [0, 0.1) is 0 Å². The normalized spacial score (nSPS) is 19.1. The van der Waals surface area contributed by atoms with Crippen LogP contribution < -0.4 is 5.32 Å². The molecule has 1 aliphatic carbocycles. The van der Waals surface area contributed by atoms with E-state index in [1.54, 1.807) is 5.56 Å². The number of rotatable bonds is 4. The summed E-state index contributed by atoms with van der Waals surface area (Å²) in [6, 6.07) is 11.4. The Morgan fingerprint density at radius 1 is 1.39 bits per heavy atom. The van der Waals surface area contributed by atoms with E-state index >= 15 is 0 Å². The molecular formula is C15H16BrNS. The van der Waals surface area contributed by atoms with Crippen molar-refractivity contribution in [3.8, 4) is 0 Å². The summed E-state index contributed by atoms with van der Waals surface area (Å²) >= 11 is 5.47. The molecule has 0 fully saturated rings. The molecule has 1 nitrogen and oxygen atoms in total. The third-order valence-corrected chi connectivity index (χ3v) is 5.78. The van der Waals surface area contributed by atoms with Gasteiger partial charge in [0.05, 0.1) is 0 Å². The predicted molar refractivity (Wildman–Crippen MR) is 81.3 cm³/mol. The third kappa shape index (κ3) is 2.15. The molecule has 0 bridgehead atoms. The van der Waals surface area contributed by atoms with Crippen LogP contribution in [0.4, 0.5) is 0 Å². The molecule has 2 atom stereocenters. The van der Waals surface area contributed by atoms with E-state index in [1.807, 2.05) is 11.3 Å². The lowest BCUT2D eigenvalue weighted by molar-refractivity contribution is 0.456. The van der Waals surface area contributed by atoms with Crippen LogP contribution in [0.15, 0.2) is 40.2 Å². The van der Waals surface area contributed by atoms with Crippen molar-refractivity contribution in [2.75, 3.05) is 7.05 Å². The van der Waals surface area contributed by atoms with Gasteiger partial charge in [0, 0.05) is 15.4 Å². The van der Waals surface area contributed by atoms with Crippen molar-refractivity contribution in [3.63, 3.8) is 0 Å². The molecular weight excluding hydrogens is 306 g/mol. The number of fused-ring (bicyclic) bond motifs is 1. The highest BCUT2D eigenvalue weighted by Gasteiger charge is 2.29. The first-order chi connectivity index (χ1) is 8.79. The molecule has 18 heavy (non-hydrogen) atoms. The van der Waals surface area contributed by atoms with Gasteiger partial charge in [0.25, 0.3) is 0 Å². The molecule has 0 spiro atoms. The van der Waals surface area contributed by atoms with Crippen LogP contribution in [0.1, 0.15) is 34.4 Å². The average Bonchev–Trinajstić information content (AvgIpc) is 2.77. The Morgan fingerprint density at radius 2 is 2.22 bits per heavy atom. The minimum Gasteiger partial charge on any atom is -0.312 e. The molecule has 1 aliphatic rings. The Labute approximate surface area is 120 Å². The fourth-order valence-electron chi connectivity index (χ4n) is 2.77. The van der Waals surface area contributed by atoms with Crippen molar-refractivity contribution in [2.24, 2.45) is 0 Å². The molecule has 0 saturated carbocycles. The smallest absolute Gasteiger partial charge is 0.0429 e. The third-order valence-electron chi connectivity index (χ3n) is 3.79. The minimum absolute atomic E-state index is 0.456. The van der Waals surface area contributed by atoms with Gasteiger partial charge in [-0.05, 0) is 64.3 Å². The molecule has 3 heteroatoms. The molecule has 1 aromatic carbocycles. The van der Waals surface area contributed by atoms with Crippen LogP contribution in [0.25, 0.3) is 0 Å². The van der Waals surface area contributed by atoms with Crippen LogP contribution in [0.3, 0.4) is 0 Å². The number of thiophene rings is 1. The van der Waals surface area contributed by atoms with E-state index in [2.05, 4.69) is 64.0 Å². The lowest BCUT2D eigenvalue weighted by Crippen LogP contribution is -2.24. The number of hydrogen-bond acceptors (Lipinski definition) is 2. The first kappa shape index (κ1) is 12.4. The minimum atomic E-state index is 0.456. The van der Waals surface area contributed by atoms with Crippen molar-refractivity contribution >= 4 is 27.3 Å². The second-order valence-electron chi connectivity index (χ2n) is 4.81. The maximum Gasteiger partial charge on any atom is 0.0429 e. The predicted octanol–water partition coefficient (Wildman–Crippen LogP) is 4.50. The highest BCUT2D eigenvalue weighted by atomic mass is 79.9. The lowest BCUT2D eigenvalue weighted by Gasteiger charge is -2.33. The maximum absolute atomic E-state index is 3.64. The number of halogens is 1. The molecule has 0 saturated heterocycles.